The van der Waals surface area contributed by atoms with Gasteiger partial charge in [0.15, 0.2) is 0 Å². The number of phenolic OH excluding ortho intramolecular Hbond substituents is 1. The van der Waals surface area contributed by atoms with Crippen LogP contribution in [0, 0.1) is 5.92 Å². The van der Waals surface area contributed by atoms with Crippen LogP contribution in [0.2, 0.25) is 0 Å². The molecule has 25 heavy (non-hydrogen) atoms. The molecule has 0 bridgehead atoms. The van der Waals surface area contributed by atoms with Crippen molar-refractivity contribution in [2.24, 2.45) is 5.92 Å². The summed E-state index contributed by atoms with van der Waals surface area (Å²) in [5, 5.41) is 10.9. The topological polar surface area (TPSA) is 29.5 Å². The van der Waals surface area contributed by atoms with E-state index in [0.29, 0.717) is 11.7 Å². The highest BCUT2D eigenvalue weighted by Gasteiger charge is 2.46. The van der Waals surface area contributed by atoms with Crippen LogP contribution in [0.15, 0.2) is 17.7 Å². The van der Waals surface area contributed by atoms with Crippen LogP contribution in [0.1, 0.15) is 89.3 Å². The molecular weight excluding hydrogens is 308 g/mol. The zero-order chi connectivity index (χ0) is 18.2. The lowest BCUT2D eigenvalue weighted by Crippen LogP contribution is -2.45. The van der Waals surface area contributed by atoms with Gasteiger partial charge in [-0.1, -0.05) is 38.3 Å². The molecule has 3 rings (SSSR count). The molecule has 0 saturated carbocycles. The fourth-order valence-corrected chi connectivity index (χ4v) is 4.84. The molecule has 0 saturated heterocycles. The van der Waals surface area contributed by atoms with E-state index in [9.17, 15) is 5.11 Å². The quantitative estimate of drug-likeness (QED) is 0.503. The summed E-state index contributed by atoms with van der Waals surface area (Å²) >= 11 is 0. The van der Waals surface area contributed by atoms with Crippen molar-refractivity contribution in [3.05, 3.63) is 34.4 Å². The number of aromatic hydroxyl groups is 1. The Morgan fingerprint density at radius 3 is 2.68 bits per heavy atom. The molecule has 0 aromatic heterocycles. The standard InChI is InChI=1S/C23H34O2/c1-6-8-9-10-16-14-20(24)21-18-13-15(3)11-12-19(18)23(4,5)25-22(21)17(16)7-2/h13-14,18-19,24H,6-12H2,1-5H3/t18-,19-/m1/s1. The SMILES string of the molecule is CCCCCc1cc(O)c2c(c1CC)OC(C)(C)[C@@H]1CCC(C)=C[C@@H]21. The first-order chi connectivity index (χ1) is 11.9. The first-order valence-corrected chi connectivity index (χ1v) is 10.1. The number of hydrogen-bond acceptors (Lipinski definition) is 2. The molecular formula is C23H34O2. The Labute approximate surface area is 153 Å². The molecule has 138 valence electrons. The highest BCUT2D eigenvalue weighted by Crippen LogP contribution is 2.54. The predicted octanol–water partition coefficient (Wildman–Crippen LogP) is 6.30. The monoisotopic (exact) mass is 342 g/mol. The first-order valence-electron chi connectivity index (χ1n) is 10.1. The number of unbranched alkanes of at least 4 members (excludes halogenated alkanes) is 2. The summed E-state index contributed by atoms with van der Waals surface area (Å²) in [4.78, 5) is 0. The number of hydrogen-bond donors (Lipinski definition) is 1. The van der Waals surface area contributed by atoms with Crippen LogP contribution in [0.3, 0.4) is 0 Å². The lowest BCUT2D eigenvalue weighted by Gasteiger charge is -2.47. The molecule has 2 nitrogen and oxygen atoms in total. The lowest BCUT2D eigenvalue weighted by atomic mass is 9.67. The van der Waals surface area contributed by atoms with Crippen molar-refractivity contribution < 1.29 is 9.84 Å². The van der Waals surface area contributed by atoms with Gasteiger partial charge in [-0.05, 0) is 70.1 Å². The average Bonchev–Trinajstić information content (AvgIpc) is 2.54. The van der Waals surface area contributed by atoms with Crippen LogP contribution in [0.5, 0.6) is 11.5 Å². The number of aryl methyl sites for hydroxylation is 1. The second-order valence-electron chi connectivity index (χ2n) is 8.48. The van der Waals surface area contributed by atoms with Gasteiger partial charge in [0.05, 0.1) is 0 Å². The van der Waals surface area contributed by atoms with Crippen molar-refractivity contribution in [3.8, 4) is 11.5 Å². The molecule has 1 N–H and O–H groups in total. The van der Waals surface area contributed by atoms with Crippen LogP contribution in [0.25, 0.3) is 0 Å². The van der Waals surface area contributed by atoms with Crippen LogP contribution < -0.4 is 4.74 Å². The molecule has 2 aliphatic rings. The van der Waals surface area contributed by atoms with E-state index in [0.717, 1.165) is 37.0 Å². The van der Waals surface area contributed by atoms with Crippen molar-refractivity contribution in [1.29, 1.82) is 0 Å². The van der Waals surface area contributed by atoms with Gasteiger partial charge < -0.3 is 9.84 Å². The molecule has 2 atom stereocenters. The van der Waals surface area contributed by atoms with Gasteiger partial charge >= 0.3 is 0 Å². The minimum atomic E-state index is -0.187. The van der Waals surface area contributed by atoms with Gasteiger partial charge in [0.2, 0.25) is 0 Å². The van der Waals surface area contributed by atoms with Crippen molar-refractivity contribution >= 4 is 0 Å². The third-order valence-electron chi connectivity index (χ3n) is 6.24. The molecule has 1 aliphatic heterocycles. The lowest BCUT2D eigenvalue weighted by molar-refractivity contribution is 0.00976. The van der Waals surface area contributed by atoms with Gasteiger partial charge in [0, 0.05) is 17.4 Å². The van der Waals surface area contributed by atoms with Gasteiger partial charge in [0.1, 0.15) is 17.1 Å². The van der Waals surface area contributed by atoms with Gasteiger partial charge in [-0.25, -0.2) is 0 Å². The Balaban J connectivity index is 2.11. The summed E-state index contributed by atoms with van der Waals surface area (Å²) < 4.78 is 6.58. The van der Waals surface area contributed by atoms with E-state index in [-0.39, 0.29) is 11.5 Å². The van der Waals surface area contributed by atoms with Gasteiger partial charge in [-0.2, -0.15) is 0 Å². The number of benzene rings is 1. The van der Waals surface area contributed by atoms with Crippen LogP contribution >= 0.6 is 0 Å². The Hall–Kier alpha value is -1.44. The third-order valence-corrected chi connectivity index (χ3v) is 6.24. The van der Waals surface area contributed by atoms with Crippen molar-refractivity contribution in [2.45, 2.75) is 91.1 Å². The fourth-order valence-electron chi connectivity index (χ4n) is 4.84. The van der Waals surface area contributed by atoms with E-state index >= 15 is 0 Å². The molecule has 1 aromatic carbocycles. The molecule has 0 fully saturated rings. The summed E-state index contributed by atoms with van der Waals surface area (Å²) in [6.07, 6.45) is 10.3. The Bertz CT molecular complexity index is 669. The highest BCUT2D eigenvalue weighted by atomic mass is 16.5. The summed E-state index contributed by atoms with van der Waals surface area (Å²) in [6, 6.07) is 2.03. The van der Waals surface area contributed by atoms with Gasteiger partial charge in [0.25, 0.3) is 0 Å². The molecule has 1 heterocycles. The molecule has 0 radical (unpaired) electrons. The molecule has 0 amide bonds. The Morgan fingerprint density at radius 1 is 1.24 bits per heavy atom. The number of phenols is 1. The van der Waals surface area contributed by atoms with E-state index in [1.165, 1.54) is 36.0 Å². The van der Waals surface area contributed by atoms with E-state index in [1.54, 1.807) is 0 Å². The van der Waals surface area contributed by atoms with Crippen LogP contribution in [-0.4, -0.2) is 10.7 Å². The van der Waals surface area contributed by atoms with Crippen LogP contribution in [0.4, 0.5) is 0 Å². The van der Waals surface area contributed by atoms with Crippen molar-refractivity contribution in [1.82, 2.24) is 0 Å². The van der Waals surface area contributed by atoms with Gasteiger partial charge in [-0.3, -0.25) is 0 Å². The van der Waals surface area contributed by atoms with E-state index in [4.69, 9.17) is 4.74 Å². The number of rotatable bonds is 5. The van der Waals surface area contributed by atoms with E-state index in [1.807, 2.05) is 6.07 Å². The largest absolute Gasteiger partial charge is 0.507 e. The maximum Gasteiger partial charge on any atom is 0.131 e. The second kappa shape index (κ2) is 7.05. The summed E-state index contributed by atoms with van der Waals surface area (Å²) in [5.41, 5.74) is 4.88. The number of ether oxygens (including phenoxy) is 1. The molecule has 0 spiro atoms. The molecule has 0 unspecified atom stereocenters. The number of fused-ring (bicyclic) bond motifs is 3. The third kappa shape index (κ3) is 3.32. The normalized spacial score (nSPS) is 24.1. The summed E-state index contributed by atoms with van der Waals surface area (Å²) in [6.45, 7) is 11.1. The summed E-state index contributed by atoms with van der Waals surface area (Å²) in [5.74, 6) is 2.13. The summed E-state index contributed by atoms with van der Waals surface area (Å²) in [7, 11) is 0. The zero-order valence-electron chi connectivity index (χ0n) is 16.6. The smallest absolute Gasteiger partial charge is 0.131 e. The minimum absolute atomic E-state index is 0.187. The number of allylic oxidation sites excluding steroid dienone is 2. The maximum atomic E-state index is 10.9. The Kier molecular flexibility index (Phi) is 5.18. The molecule has 1 aromatic rings. The minimum Gasteiger partial charge on any atom is -0.507 e. The fraction of sp³-hybridized carbons (Fsp3) is 0.652. The van der Waals surface area contributed by atoms with E-state index in [2.05, 4.69) is 40.7 Å². The predicted molar refractivity (Wildman–Crippen MR) is 105 cm³/mol. The van der Waals surface area contributed by atoms with Crippen molar-refractivity contribution in [3.63, 3.8) is 0 Å². The highest BCUT2D eigenvalue weighted by molar-refractivity contribution is 5.58. The first kappa shape index (κ1) is 18.4. The molecule has 2 heteroatoms. The van der Waals surface area contributed by atoms with Gasteiger partial charge in [-0.15, -0.1) is 0 Å². The van der Waals surface area contributed by atoms with E-state index < -0.39 is 0 Å². The second-order valence-corrected chi connectivity index (χ2v) is 8.48. The Morgan fingerprint density at radius 2 is 2.00 bits per heavy atom. The average molecular weight is 343 g/mol. The van der Waals surface area contributed by atoms with Crippen LogP contribution in [-0.2, 0) is 12.8 Å². The zero-order valence-corrected chi connectivity index (χ0v) is 16.6. The maximum absolute atomic E-state index is 10.9. The van der Waals surface area contributed by atoms with Crippen molar-refractivity contribution in [2.75, 3.05) is 0 Å². The molecule has 1 aliphatic carbocycles.